The number of rotatable bonds is 4. The summed E-state index contributed by atoms with van der Waals surface area (Å²) >= 11 is 0. The van der Waals surface area contributed by atoms with Crippen molar-refractivity contribution in [3.8, 4) is 0 Å². The van der Waals surface area contributed by atoms with Crippen LogP contribution in [0.4, 0.5) is 0 Å². The second kappa shape index (κ2) is 5.92. The highest BCUT2D eigenvalue weighted by atomic mass is 32.2. The van der Waals surface area contributed by atoms with Gasteiger partial charge in [-0.2, -0.15) is 4.31 Å². The minimum atomic E-state index is -3.22. The molecule has 8 heteroatoms. The number of sulfonamides is 1. The second-order valence-corrected chi connectivity index (χ2v) is 7.99. The van der Waals surface area contributed by atoms with Crippen LogP contribution in [0.2, 0.25) is 0 Å². The molecule has 0 aromatic heterocycles. The van der Waals surface area contributed by atoms with E-state index in [-0.39, 0.29) is 25.4 Å². The standard InChI is InChI=1S/C13H22N2O5S/c1-21(19,20)15-8-6-14(7-9-15)11(16)10-13(12(17)18)4-2-3-5-13/h2-10H2,1H3,(H,17,18). The summed E-state index contributed by atoms with van der Waals surface area (Å²) in [6.45, 7) is 1.23. The highest BCUT2D eigenvalue weighted by Gasteiger charge is 2.44. The fraction of sp³-hybridized carbons (Fsp3) is 0.846. The van der Waals surface area contributed by atoms with Crippen molar-refractivity contribution < 1.29 is 23.1 Å². The number of carboxylic acid groups (broad SMARTS) is 1. The molecule has 1 N–H and O–H groups in total. The average Bonchev–Trinajstić information content (AvgIpc) is 2.88. The molecule has 2 fully saturated rings. The maximum absolute atomic E-state index is 12.3. The topological polar surface area (TPSA) is 95.0 Å². The van der Waals surface area contributed by atoms with E-state index in [4.69, 9.17) is 0 Å². The molecule has 0 aromatic rings. The number of hydrogen-bond acceptors (Lipinski definition) is 4. The number of hydrogen-bond donors (Lipinski definition) is 1. The Morgan fingerprint density at radius 1 is 1.10 bits per heavy atom. The minimum Gasteiger partial charge on any atom is -0.481 e. The summed E-state index contributed by atoms with van der Waals surface area (Å²) in [4.78, 5) is 25.4. The predicted molar refractivity (Wildman–Crippen MR) is 76.2 cm³/mol. The predicted octanol–water partition coefficient (Wildman–Crippen LogP) is 0.125. The SMILES string of the molecule is CS(=O)(=O)N1CCN(C(=O)CC2(C(=O)O)CCCC2)CC1. The van der Waals surface area contributed by atoms with Crippen molar-refractivity contribution >= 4 is 21.9 Å². The first-order valence-electron chi connectivity index (χ1n) is 7.21. The highest BCUT2D eigenvalue weighted by molar-refractivity contribution is 7.88. The Morgan fingerprint density at radius 2 is 1.62 bits per heavy atom. The lowest BCUT2D eigenvalue weighted by molar-refractivity contribution is -0.153. The lowest BCUT2D eigenvalue weighted by Gasteiger charge is -2.35. The number of carbonyl (C=O) groups excluding carboxylic acids is 1. The van der Waals surface area contributed by atoms with Crippen molar-refractivity contribution in [1.29, 1.82) is 0 Å². The molecule has 1 saturated heterocycles. The van der Waals surface area contributed by atoms with Crippen LogP contribution in [0.25, 0.3) is 0 Å². The molecule has 0 aromatic carbocycles. The van der Waals surface area contributed by atoms with Crippen molar-refractivity contribution in [3.63, 3.8) is 0 Å². The quantitative estimate of drug-likeness (QED) is 0.795. The monoisotopic (exact) mass is 318 g/mol. The molecule has 120 valence electrons. The van der Waals surface area contributed by atoms with E-state index in [1.807, 2.05) is 0 Å². The van der Waals surface area contributed by atoms with Crippen molar-refractivity contribution in [2.75, 3.05) is 32.4 Å². The Bertz CT molecular complexity index is 517. The lowest BCUT2D eigenvalue weighted by atomic mass is 9.82. The molecule has 1 aliphatic carbocycles. The normalized spacial score (nSPS) is 23.2. The van der Waals surface area contributed by atoms with Gasteiger partial charge >= 0.3 is 5.97 Å². The molecular weight excluding hydrogens is 296 g/mol. The average molecular weight is 318 g/mol. The molecule has 1 amide bonds. The van der Waals surface area contributed by atoms with Crippen LogP contribution in [-0.2, 0) is 19.6 Å². The summed E-state index contributed by atoms with van der Waals surface area (Å²) in [6.07, 6.45) is 3.99. The van der Waals surface area contributed by atoms with Gasteiger partial charge < -0.3 is 10.0 Å². The molecule has 1 aliphatic heterocycles. The van der Waals surface area contributed by atoms with Gasteiger partial charge in [0, 0.05) is 32.6 Å². The van der Waals surface area contributed by atoms with Crippen molar-refractivity contribution in [2.24, 2.45) is 5.41 Å². The zero-order valence-electron chi connectivity index (χ0n) is 12.2. The van der Waals surface area contributed by atoms with Crippen LogP contribution in [0.5, 0.6) is 0 Å². The van der Waals surface area contributed by atoms with E-state index in [2.05, 4.69) is 0 Å². The molecular formula is C13H22N2O5S. The van der Waals surface area contributed by atoms with E-state index in [1.165, 1.54) is 4.31 Å². The van der Waals surface area contributed by atoms with Gasteiger partial charge in [0.2, 0.25) is 15.9 Å². The Hall–Kier alpha value is -1.15. The van der Waals surface area contributed by atoms with Crippen molar-refractivity contribution in [1.82, 2.24) is 9.21 Å². The summed E-state index contributed by atoms with van der Waals surface area (Å²) in [5.41, 5.74) is -0.912. The minimum absolute atomic E-state index is 0.0290. The lowest BCUT2D eigenvalue weighted by Crippen LogP contribution is -2.51. The van der Waals surface area contributed by atoms with Gasteiger partial charge in [0.05, 0.1) is 11.7 Å². The fourth-order valence-corrected chi connectivity index (χ4v) is 4.02. The number of nitrogens with zero attached hydrogens (tertiary/aromatic N) is 2. The maximum Gasteiger partial charge on any atom is 0.310 e. The van der Waals surface area contributed by atoms with Crippen LogP contribution in [0.15, 0.2) is 0 Å². The van der Waals surface area contributed by atoms with Gasteiger partial charge in [0.25, 0.3) is 0 Å². The van der Waals surface area contributed by atoms with Crippen molar-refractivity contribution in [3.05, 3.63) is 0 Å². The number of carbonyl (C=O) groups is 2. The Labute approximate surface area is 125 Å². The van der Waals surface area contributed by atoms with Crippen LogP contribution >= 0.6 is 0 Å². The van der Waals surface area contributed by atoms with E-state index in [0.29, 0.717) is 25.9 Å². The van der Waals surface area contributed by atoms with Crippen LogP contribution in [0.3, 0.4) is 0 Å². The van der Waals surface area contributed by atoms with Gasteiger partial charge in [0.15, 0.2) is 0 Å². The zero-order valence-corrected chi connectivity index (χ0v) is 13.1. The summed E-state index contributed by atoms with van der Waals surface area (Å²) in [5.74, 6) is -1.06. The highest BCUT2D eigenvalue weighted by Crippen LogP contribution is 2.41. The first kappa shape index (κ1) is 16.2. The van der Waals surface area contributed by atoms with Crippen LogP contribution < -0.4 is 0 Å². The van der Waals surface area contributed by atoms with E-state index < -0.39 is 21.4 Å². The molecule has 1 heterocycles. The Morgan fingerprint density at radius 3 is 2.05 bits per heavy atom. The summed E-state index contributed by atoms with van der Waals surface area (Å²) in [5, 5.41) is 9.40. The molecule has 2 rings (SSSR count). The number of aliphatic carboxylic acids is 1. The fourth-order valence-electron chi connectivity index (χ4n) is 3.19. The molecule has 1 saturated carbocycles. The summed E-state index contributed by atoms with van der Waals surface area (Å²) in [7, 11) is -3.22. The first-order valence-corrected chi connectivity index (χ1v) is 9.06. The van der Waals surface area contributed by atoms with E-state index in [1.54, 1.807) is 4.90 Å². The van der Waals surface area contributed by atoms with Gasteiger partial charge in [-0.15, -0.1) is 0 Å². The summed E-state index contributed by atoms with van der Waals surface area (Å²) < 4.78 is 24.2. The van der Waals surface area contributed by atoms with Crippen LogP contribution in [0.1, 0.15) is 32.1 Å². The van der Waals surface area contributed by atoms with Crippen molar-refractivity contribution in [2.45, 2.75) is 32.1 Å². The molecule has 0 unspecified atom stereocenters. The molecule has 21 heavy (non-hydrogen) atoms. The Kier molecular flexibility index (Phi) is 4.57. The van der Waals surface area contributed by atoms with Gasteiger partial charge in [-0.3, -0.25) is 9.59 Å². The third-order valence-corrected chi connectivity index (χ3v) is 5.87. The molecule has 7 nitrogen and oxygen atoms in total. The molecule has 0 spiro atoms. The van der Waals surface area contributed by atoms with E-state index in [0.717, 1.165) is 19.1 Å². The van der Waals surface area contributed by atoms with Gasteiger partial charge in [0.1, 0.15) is 0 Å². The van der Waals surface area contributed by atoms with E-state index >= 15 is 0 Å². The maximum atomic E-state index is 12.3. The Balaban J connectivity index is 1.95. The summed E-state index contributed by atoms with van der Waals surface area (Å²) in [6, 6.07) is 0. The molecule has 0 bridgehead atoms. The number of carboxylic acids is 1. The third-order valence-electron chi connectivity index (χ3n) is 4.56. The third kappa shape index (κ3) is 3.55. The second-order valence-electron chi connectivity index (χ2n) is 6.01. The number of piperazine rings is 1. The van der Waals surface area contributed by atoms with Gasteiger partial charge in [-0.1, -0.05) is 12.8 Å². The zero-order chi connectivity index (χ0) is 15.7. The molecule has 0 radical (unpaired) electrons. The molecule has 0 atom stereocenters. The van der Waals surface area contributed by atoms with Crippen LogP contribution in [-0.4, -0.2) is 67.0 Å². The number of amides is 1. The first-order chi connectivity index (χ1) is 9.74. The molecule has 2 aliphatic rings. The smallest absolute Gasteiger partial charge is 0.310 e. The van der Waals surface area contributed by atoms with Crippen LogP contribution in [0, 0.1) is 5.41 Å². The van der Waals surface area contributed by atoms with E-state index in [9.17, 15) is 23.1 Å². The largest absolute Gasteiger partial charge is 0.481 e. The van der Waals surface area contributed by atoms with Gasteiger partial charge in [-0.05, 0) is 12.8 Å². The van der Waals surface area contributed by atoms with Gasteiger partial charge in [-0.25, -0.2) is 8.42 Å².